The lowest BCUT2D eigenvalue weighted by molar-refractivity contribution is 0.265. The zero-order valence-electron chi connectivity index (χ0n) is 25.6. The van der Waals surface area contributed by atoms with E-state index in [1.165, 1.54) is 12.8 Å². The Bertz CT molecular complexity index is 1600. The van der Waals surface area contributed by atoms with Crippen LogP contribution < -0.4 is 11.1 Å². The number of nitrogens with zero attached hydrogens (tertiary/aromatic N) is 5. The second-order valence-electron chi connectivity index (χ2n) is 13.3. The van der Waals surface area contributed by atoms with Gasteiger partial charge in [-0.1, -0.05) is 69.4 Å². The van der Waals surface area contributed by atoms with Gasteiger partial charge in [0, 0.05) is 23.2 Å². The Kier molecular flexibility index (Phi) is 8.64. The van der Waals surface area contributed by atoms with Crippen molar-refractivity contribution in [2.45, 2.75) is 91.0 Å². The van der Waals surface area contributed by atoms with Gasteiger partial charge in [-0.15, -0.1) is 0 Å². The van der Waals surface area contributed by atoms with E-state index in [0.29, 0.717) is 28.9 Å². The molecule has 1 aliphatic carbocycles. The molecule has 1 aliphatic rings. The van der Waals surface area contributed by atoms with Gasteiger partial charge in [0.15, 0.2) is 14.0 Å². The standard InChI is InChI=1S/C30H42ClN7O3Si/c1-18-11-13-20(14-12-18)16-38-24-23(21-9-8-10-22(31)15-21)33-26(27-36-29(39)41-37-27)34-25(24)35-28(38)32-19(2)17-40-42(6,7)30(3,4)5/h8-10,15,18-20H,11-14,16-17H2,1-7H3,(H,36,37,39)(H,32,33,34,35)/t18?,19-,20?/m1/s1. The van der Waals surface area contributed by atoms with Crippen molar-refractivity contribution in [1.29, 1.82) is 0 Å². The maximum Gasteiger partial charge on any atom is 0.439 e. The van der Waals surface area contributed by atoms with Crippen molar-refractivity contribution in [3.8, 4) is 22.9 Å². The summed E-state index contributed by atoms with van der Waals surface area (Å²) in [5.74, 6) is 1.68. The smallest absolute Gasteiger partial charge is 0.415 e. The third-order valence-electron chi connectivity index (χ3n) is 8.81. The van der Waals surface area contributed by atoms with Crippen LogP contribution in [0.1, 0.15) is 60.3 Å². The van der Waals surface area contributed by atoms with E-state index in [1.807, 2.05) is 24.3 Å². The number of imidazole rings is 1. The zero-order chi connectivity index (χ0) is 30.2. The van der Waals surface area contributed by atoms with Gasteiger partial charge < -0.3 is 14.3 Å². The number of hydrogen-bond acceptors (Lipinski definition) is 8. The van der Waals surface area contributed by atoms with Crippen LogP contribution >= 0.6 is 11.6 Å². The maximum atomic E-state index is 11.7. The molecule has 226 valence electrons. The summed E-state index contributed by atoms with van der Waals surface area (Å²) in [6, 6.07) is 7.57. The quantitative estimate of drug-likeness (QED) is 0.191. The number of nitrogens with one attached hydrogen (secondary N) is 2. The molecule has 0 aliphatic heterocycles. The summed E-state index contributed by atoms with van der Waals surface area (Å²) in [4.78, 5) is 28.9. The van der Waals surface area contributed by atoms with Gasteiger partial charge in [-0.3, -0.25) is 9.51 Å². The fourth-order valence-corrected chi connectivity index (χ4v) is 6.46. The predicted octanol–water partition coefficient (Wildman–Crippen LogP) is 7.14. The summed E-state index contributed by atoms with van der Waals surface area (Å²) in [5.41, 5.74) is 2.80. The van der Waals surface area contributed by atoms with Crippen molar-refractivity contribution in [1.82, 2.24) is 29.7 Å². The molecule has 0 amide bonds. The van der Waals surface area contributed by atoms with Crippen molar-refractivity contribution in [3.05, 3.63) is 39.8 Å². The average molecular weight is 612 g/mol. The minimum absolute atomic E-state index is 0.00927. The first-order chi connectivity index (χ1) is 19.8. The third-order valence-corrected chi connectivity index (χ3v) is 13.5. The molecule has 3 aromatic heterocycles. The topological polar surface area (TPSA) is 124 Å². The van der Waals surface area contributed by atoms with Crippen molar-refractivity contribution in [3.63, 3.8) is 0 Å². The zero-order valence-corrected chi connectivity index (χ0v) is 27.4. The van der Waals surface area contributed by atoms with Crippen LogP contribution in [0.3, 0.4) is 0 Å². The van der Waals surface area contributed by atoms with Crippen molar-refractivity contribution < 1.29 is 8.95 Å². The first kappa shape index (κ1) is 30.4. The highest BCUT2D eigenvalue weighted by Crippen LogP contribution is 2.38. The summed E-state index contributed by atoms with van der Waals surface area (Å²) in [5, 5.41) is 8.19. The highest BCUT2D eigenvalue weighted by Gasteiger charge is 2.37. The largest absolute Gasteiger partial charge is 0.439 e. The van der Waals surface area contributed by atoms with Gasteiger partial charge in [-0.25, -0.2) is 14.8 Å². The highest BCUT2D eigenvalue weighted by atomic mass is 35.5. The predicted molar refractivity (Wildman–Crippen MR) is 169 cm³/mol. The molecule has 42 heavy (non-hydrogen) atoms. The van der Waals surface area contributed by atoms with E-state index in [4.69, 9.17) is 35.5 Å². The van der Waals surface area contributed by atoms with E-state index in [9.17, 15) is 4.79 Å². The monoisotopic (exact) mass is 611 g/mol. The van der Waals surface area contributed by atoms with Gasteiger partial charge in [0.2, 0.25) is 17.6 Å². The Morgan fingerprint density at radius 3 is 2.57 bits per heavy atom. The Morgan fingerprint density at radius 1 is 1.19 bits per heavy atom. The first-order valence-electron chi connectivity index (χ1n) is 14.8. The number of aromatic nitrogens is 6. The van der Waals surface area contributed by atoms with Crippen LogP contribution in [0.25, 0.3) is 34.1 Å². The van der Waals surface area contributed by atoms with E-state index >= 15 is 0 Å². The van der Waals surface area contributed by atoms with E-state index < -0.39 is 14.1 Å². The molecule has 3 heterocycles. The SMILES string of the molecule is CC1CCC(Cn2c(N[C@H](C)CO[Si](C)(C)C(C)(C)C)nc3nc(-c4noc(=O)[nH]4)nc(-c4cccc(Cl)c4)c32)CC1. The number of benzene rings is 1. The van der Waals surface area contributed by atoms with Gasteiger partial charge >= 0.3 is 5.76 Å². The van der Waals surface area contributed by atoms with Crippen LogP contribution in [0.4, 0.5) is 5.95 Å². The number of fused-ring (bicyclic) bond motifs is 1. The molecular weight excluding hydrogens is 570 g/mol. The normalized spacial score (nSPS) is 18.9. The summed E-state index contributed by atoms with van der Waals surface area (Å²) in [7, 11) is -1.92. The minimum Gasteiger partial charge on any atom is -0.415 e. The summed E-state index contributed by atoms with van der Waals surface area (Å²) in [6.07, 6.45) is 4.77. The number of H-pyrrole nitrogens is 1. The number of halogens is 1. The van der Waals surface area contributed by atoms with Crippen molar-refractivity contribution in [2.75, 3.05) is 11.9 Å². The molecule has 0 saturated heterocycles. The molecule has 5 rings (SSSR count). The Morgan fingerprint density at radius 2 is 1.93 bits per heavy atom. The lowest BCUT2D eigenvalue weighted by Crippen LogP contribution is -2.43. The summed E-state index contributed by atoms with van der Waals surface area (Å²) >= 11 is 6.43. The molecular formula is C30H42ClN7O3Si. The molecule has 0 unspecified atom stereocenters. The molecule has 0 spiro atoms. The fourth-order valence-electron chi connectivity index (χ4n) is 5.17. The summed E-state index contributed by atoms with van der Waals surface area (Å²) < 4.78 is 13.5. The molecule has 1 saturated carbocycles. The number of aromatic amines is 1. The van der Waals surface area contributed by atoms with Crippen LogP contribution in [0.15, 0.2) is 33.6 Å². The molecule has 10 nitrogen and oxygen atoms in total. The lowest BCUT2D eigenvalue weighted by atomic mass is 9.83. The van der Waals surface area contributed by atoms with E-state index in [-0.39, 0.29) is 22.7 Å². The van der Waals surface area contributed by atoms with Crippen LogP contribution in [0.5, 0.6) is 0 Å². The van der Waals surface area contributed by atoms with Gasteiger partial charge in [-0.05, 0) is 61.9 Å². The van der Waals surface area contributed by atoms with Gasteiger partial charge in [0.25, 0.3) is 0 Å². The molecule has 12 heteroatoms. The third kappa shape index (κ3) is 6.63. The van der Waals surface area contributed by atoms with Gasteiger partial charge in [-0.2, -0.15) is 4.98 Å². The highest BCUT2D eigenvalue weighted by molar-refractivity contribution is 6.74. The first-order valence-corrected chi connectivity index (χ1v) is 18.1. The van der Waals surface area contributed by atoms with E-state index in [2.05, 4.69) is 67.7 Å². The van der Waals surface area contributed by atoms with Crippen LogP contribution in [0.2, 0.25) is 23.2 Å². The molecule has 0 bridgehead atoms. The van der Waals surface area contributed by atoms with E-state index in [1.54, 1.807) is 0 Å². The minimum atomic E-state index is -1.92. The van der Waals surface area contributed by atoms with Crippen molar-refractivity contribution in [2.24, 2.45) is 11.8 Å². The lowest BCUT2D eigenvalue weighted by Gasteiger charge is -2.37. The van der Waals surface area contributed by atoms with Gasteiger partial charge in [0.05, 0.1) is 6.61 Å². The Balaban J connectivity index is 1.60. The summed E-state index contributed by atoms with van der Waals surface area (Å²) in [6.45, 7) is 17.1. The molecule has 0 radical (unpaired) electrons. The molecule has 1 aromatic carbocycles. The number of anilines is 1. The van der Waals surface area contributed by atoms with E-state index in [0.717, 1.165) is 42.3 Å². The van der Waals surface area contributed by atoms with Crippen molar-refractivity contribution >= 4 is 37.0 Å². The van der Waals surface area contributed by atoms with Crippen LogP contribution in [-0.2, 0) is 11.0 Å². The Hall–Kier alpha value is -3.02. The second kappa shape index (κ2) is 11.9. The maximum absolute atomic E-state index is 11.7. The molecule has 4 aromatic rings. The van der Waals surface area contributed by atoms with Crippen LogP contribution in [-0.4, -0.2) is 50.6 Å². The molecule has 1 fully saturated rings. The molecule has 1 atom stereocenters. The fraction of sp³-hybridized carbons (Fsp3) is 0.567. The second-order valence-corrected chi connectivity index (χ2v) is 18.6. The van der Waals surface area contributed by atoms with Gasteiger partial charge in [0.1, 0.15) is 11.2 Å². The number of rotatable bonds is 9. The number of hydrogen-bond donors (Lipinski definition) is 2. The molecule has 2 N–H and O–H groups in total. The average Bonchev–Trinajstić information content (AvgIpc) is 3.51. The Labute approximate surface area is 252 Å². The van der Waals surface area contributed by atoms with Crippen LogP contribution in [0, 0.1) is 11.8 Å².